The first-order chi connectivity index (χ1) is 9.42. The molecule has 0 rings (SSSR count). The van der Waals surface area contributed by atoms with Gasteiger partial charge in [-0.05, 0) is 27.7 Å². The number of rotatable bonds is 7. The topological polar surface area (TPSA) is 102 Å². The third-order valence-electron chi connectivity index (χ3n) is 3.35. The van der Waals surface area contributed by atoms with Crippen LogP contribution in [0, 0.1) is 45.3 Å². The van der Waals surface area contributed by atoms with Gasteiger partial charge in [0, 0.05) is 13.1 Å². The van der Waals surface area contributed by atoms with E-state index in [0.29, 0.717) is 13.1 Å². The van der Waals surface area contributed by atoms with Crippen molar-refractivity contribution in [2.75, 3.05) is 13.1 Å². The van der Waals surface area contributed by atoms with Crippen LogP contribution in [0.2, 0.25) is 0 Å². The molecule has 0 aliphatic heterocycles. The van der Waals surface area contributed by atoms with E-state index in [-0.39, 0.29) is 24.2 Å². The van der Waals surface area contributed by atoms with Gasteiger partial charge in [0.1, 0.15) is 0 Å². The van der Waals surface area contributed by atoms with E-state index in [1.165, 1.54) is 0 Å². The second kappa shape index (κ2) is 8.89. The average molecular weight is 272 g/mol. The predicted octanol–water partition coefficient (Wildman–Crippen LogP) is 1.24. The second-order valence-electron chi connectivity index (χ2n) is 4.70. The largest absolute Gasteiger partial charge is 0.271 e. The molecule has 6 heteroatoms. The molecule has 0 aliphatic carbocycles. The van der Waals surface area contributed by atoms with Crippen LogP contribution in [0.3, 0.4) is 0 Å². The quantitative estimate of drug-likeness (QED) is 0.691. The zero-order valence-corrected chi connectivity index (χ0v) is 12.4. The van der Waals surface area contributed by atoms with Crippen molar-refractivity contribution in [1.82, 2.24) is 9.80 Å². The zero-order chi connectivity index (χ0) is 15.7. The van der Waals surface area contributed by atoms with Crippen LogP contribution in [0.5, 0.6) is 0 Å². The Morgan fingerprint density at radius 1 is 0.600 bits per heavy atom. The molecule has 4 atom stereocenters. The lowest BCUT2D eigenvalue weighted by Crippen LogP contribution is -2.47. The lowest BCUT2D eigenvalue weighted by Gasteiger charge is -2.32. The number of hydrogen-bond acceptors (Lipinski definition) is 6. The Morgan fingerprint density at radius 3 is 0.950 bits per heavy atom. The Morgan fingerprint density at radius 2 is 0.800 bits per heavy atom. The Bertz CT molecular complexity index is 376. The minimum Gasteiger partial charge on any atom is -0.271 e. The third-order valence-corrected chi connectivity index (χ3v) is 3.35. The SMILES string of the molecule is CC(C#N)N(CCN(C(C)C#N)C(C)C#N)C(C)C#N. The molecule has 0 radical (unpaired) electrons. The van der Waals surface area contributed by atoms with E-state index in [9.17, 15) is 0 Å². The number of nitrogens with zero attached hydrogens (tertiary/aromatic N) is 6. The average Bonchev–Trinajstić information content (AvgIpc) is 2.48. The highest BCUT2D eigenvalue weighted by atomic mass is 15.2. The summed E-state index contributed by atoms with van der Waals surface area (Å²) in [6.07, 6.45) is 0. The monoisotopic (exact) mass is 272 g/mol. The van der Waals surface area contributed by atoms with E-state index in [1.807, 2.05) is 0 Å². The fraction of sp³-hybridized carbons (Fsp3) is 0.714. The molecule has 0 aliphatic rings. The Labute approximate surface area is 121 Å². The van der Waals surface area contributed by atoms with Gasteiger partial charge in [-0.15, -0.1) is 0 Å². The van der Waals surface area contributed by atoms with E-state index in [4.69, 9.17) is 21.0 Å². The lowest BCUT2D eigenvalue weighted by molar-refractivity contribution is 0.150. The van der Waals surface area contributed by atoms with E-state index >= 15 is 0 Å². The van der Waals surface area contributed by atoms with Crippen molar-refractivity contribution in [2.45, 2.75) is 51.9 Å². The summed E-state index contributed by atoms with van der Waals surface area (Å²) in [5.74, 6) is 0. The fourth-order valence-electron chi connectivity index (χ4n) is 1.97. The molecule has 0 bridgehead atoms. The molecule has 106 valence electrons. The van der Waals surface area contributed by atoms with Crippen LogP contribution in [-0.4, -0.2) is 47.1 Å². The highest BCUT2D eigenvalue weighted by Gasteiger charge is 2.24. The Balaban J connectivity index is 4.91. The minimum absolute atomic E-state index is 0.388. The van der Waals surface area contributed by atoms with Crippen LogP contribution < -0.4 is 0 Å². The van der Waals surface area contributed by atoms with Crippen molar-refractivity contribution in [3.05, 3.63) is 0 Å². The van der Waals surface area contributed by atoms with Crippen LogP contribution in [0.1, 0.15) is 27.7 Å². The fourth-order valence-corrected chi connectivity index (χ4v) is 1.97. The summed E-state index contributed by atoms with van der Waals surface area (Å²) in [4.78, 5) is 3.53. The Hall–Kier alpha value is -2.12. The van der Waals surface area contributed by atoms with E-state index in [1.54, 1.807) is 37.5 Å². The molecular weight excluding hydrogens is 252 g/mol. The lowest BCUT2D eigenvalue weighted by atomic mass is 10.2. The molecule has 20 heavy (non-hydrogen) atoms. The summed E-state index contributed by atoms with van der Waals surface area (Å²) < 4.78 is 0. The molecular formula is C14H20N6. The van der Waals surface area contributed by atoms with Crippen molar-refractivity contribution < 1.29 is 0 Å². The molecule has 0 saturated carbocycles. The number of nitriles is 4. The molecule has 0 aromatic heterocycles. The van der Waals surface area contributed by atoms with E-state index in [0.717, 1.165) is 0 Å². The first-order valence-corrected chi connectivity index (χ1v) is 6.52. The van der Waals surface area contributed by atoms with Gasteiger partial charge in [0.15, 0.2) is 0 Å². The van der Waals surface area contributed by atoms with Crippen LogP contribution in [0.25, 0.3) is 0 Å². The molecule has 0 saturated heterocycles. The van der Waals surface area contributed by atoms with Crippen molar-refractivity contribution in [1.29, 1.82) is 21.0 Å². The van der Waals surface area contributed by atoms with Gasteiger partial charge < -0.3 is 0 Å². The second-order valence-corrected chi connectivity index (χ2v) is 4.70. The van der Waals surface area contributed by atoms with Gasteiger partial charge in [-0.1, -0.05) is 0 Å². The van der Waals surface area contributed by atoms with Crippen LogP contribution in [-0.2, 0) is 0 Å². The minimum atomic E-state index is -0.388. The standard InChI is InChI=1S/C14H20N6/c1-11(7-15)19(12(2)8-16)5-6-20(13(3)9-17)14(4)10-18/h11-14H,5-6H2,1-4H3. The van der Waals surface area contributed by atoms with Gasteiger partial charge in [0.2, 0.25) is 0 Å². The van der Waals surface area contributed by atoms with Gasteiger partial charge in [-0.25, -0.2) is 0 Å². The Kier molecular flexibility index (Phi) is 7.95. The third kappa shape index (κ3) is 4.87. The van der Waals surface area contributed by atoms with Crippen molar-refractivity contribution in [3.8, 4) is 24.3 Å². The molecule has 0 fully saturated rings. The first kappa shape index (κ1) is 17.9. The summed E-state index contributed by atoms with van der Waals surface area (Å²) in [5, 5.41) is 36.0. The van der Waals surface area contributed by atoms with Crippen LogP contribution in [0.4, 0.5) is 0 Å². The molecule has 0 aromatic carbocycles. The summed E-state index contributed by atoms with van der Waals surface area (Å²) in [5.41, 5.74) is 0. The van der Waals surface area contributed by atoms with Crippen molar-refractivity contribution in [2.24, 2.45) is 0 Å². The number of hydrogen-bond donors (Lipinski definition) is 0. The molecule has 6 nitrogen and oxygen atoms in total. The molecule has 4 unspecified atom stereocenters. The van der Waals surface area contributed by atoms with Crippen LogP contribution in [0.15, 0.2) is 0 Å². The van der Waals surface area contributed by atoms with Crippen molar-refractivity contribution in [3.63, 3.8) is 0 Å². The normalized spacial score (nSPS) is 16.3. The molecule has 0 N–H and O–H groups in total. The van der Waals surface area contributed by atoms with Gasteiger partial charge in [-0.2, -0.15) is 21.0 Å². The van der Waals surface area contributed by atoms with Gasteiger partial charge >= 0.3 is 0 Å². The van der Waals surface area contributed by atoms with Crippen molar-refractivity contribution >= 4 is 0 Å². The summed E-state index contributed by atoms with van der Waals surface area (Å²) in [6.45, 7) is 7.86. The van der Waals surface area contributed by atoms with Gasteiger partial charge in [0.05, 0.1) is 48.4 Å². The zero-order valence-electron chi connectivity index (χ0n) is 12.4. The van der Waals surface area contributed by atoms with E-state index < -0.39 is 0 Å². The molecule has 0 aromatic rings. The van der Waals surface area contributed by atoms with E-state index in [2.05, 4.69) is 24.3 Å². The van der Waals surface area contributed by atoms with Gasteiger partial charge in [-0.3, -0.25) is 9.80 Å². The maximum absolute atomic E-state index is 9.01. The smallest absolute Gasteiger partial charge is 0.0960 e. The molecule has 0 amide bonds. The molecule has 0 heterocycles. The van der Waals surface area contributed by atoms with Gasteiger partial charge in [0.25, 0.3) is 0 Å². The predicted molar refractivity (Wildman–Crippen MR) is 73.7 cm³/mol. The van der Waals surface area contributed by atoms with Crippen LogP contribution >= 0.6 is 0 Å². The molecule has 0 spiro atoms. The summed E-state index contributed by atoms with van der Waals surface area (Å²) in [7, 11) is 0. The maximum atomic E-state index is 9.01. The first-order valence-electron chi connectivity index (χ1n) is 6.52. The highest BCUT2D eigenvalue weighted by molar-refractivity contribution is 5.00. The maximum Gasteiger partial charge on any atom is 0.0960 e. The highest BCUT2D eigenvalue weighted by Crippen LogP contribution is 2.09. The summed E-state index contributed by atoms with van der Waals surface area (Å²) >= 11 is 0. The summed E-state index contributed by atoms with van der Waals surface area (Å²) in [6, 6.07) is 6.92.